The summed E-state index contributed by atoms with van der Waals surface area (Å²) in [5.74, 6) is -0.178. The molecule has 6 heteroatoms. The molecule has 1 amide bonds. The molecule has 0 fully saturated rings. The van der Waals surface area contributed by atoms with E-state index in [1.807, 2.05) is 61.7 Å². The van der Waals surface area contributed by atoms with Crippen LogP contribution in [0.4, 0.5) is 5.13 Å². The van der Waals surface area contributed by atoms with Gasteiger partial charge in [0.05, 0.1) is 16.8 Å². The van der Waals surface area contributed by atoms with Crippen LogP contribution in [-0.4, -0.2) is 20.9 Å². The smallest absolute Gasteiger partial charge is 0.258 e. The SMILES string of the molecule is Cc1cc(C(=O)Nc2nc(-c3c(C)[nH]c4ccccc34)cs2)c2ccccc2n1. The number of fused-ring (bicyclic) bond motifs is 2. The number of pyridine rings is 1. The maximum Gasteiger partial charge on any atom is 0.258 e. The molecule has 0 radical (unpaired) electrons. The zero-order valence-electron chi connectivity index (χ0n) is 16.0. The molecule has 3 heterocycles. The Labute approximate surface area is 171 Å². The Bertz CT molecular complexity index is 1380. The van der Waals surface area contributed by atoms with Crippen LogP contribution in [0.25, 0.3) is 33.1 Å². The van der Waals surface area contributed by atoms with Crippen molar-refractivity contribution in [2.24, 2.45) is 0 Å². The zero-order valence-corrected chi connectivity index (χ0v) is 16.8. The Balaban J connectivity index is 1.49. The Morgan fingerprint density at radius 3 is 2.62 bits per heavy atom. The predicted molar refractivity (Wildman–Crippen MR) is 119 cm³/mol. The van der Waals surface area contributed by atoms with Crippen molar-refractivity contribution in [2.45, 2.75) is 13.8 Å². The Kier molecular flexibility index (Phi) is 4.14. The molecule has 0 aliphatic rings. The van der Waals surface area contributed by atoms with E-state index in [4.69, 9.17) is 0 Å². The lowest BCUT2D eigenvalue weighted by atomic mass is 10.1. The number of H-pyrrole nitrogens is 1. The van der Waals surface area contributed by atoms with Crippen molar-refractivity contribution in [3.63, 3.8) is 0 Å². The molecule has 0 atom stereocenters. The van der Waals surface area contributed by atoms with Gasteiger partial charge in [-0.15, -0.1) is 11.3 Å². The number of amides is 1. The van der Waals surface area contributed by atoms with Crippen molar-refractivity contribution < 1.29 is 4.79 Å². The van der Waals surface area contributed by atoms with Crippen LogP contribution in [0.15, 0.2) is 60.0 Å². The first-order chi connectivity index (χ1) is 14.1. The van der Waals surface area contributed by atoms with Gasteiger partial charge in [0.25, 0.3) is 5.91 Å². The van der Waals surface area contributed by atoms with Gasteiger partial charge in [0.1, 0.15) is 0 Å². The molecule has 0 saturated heterocycles. The molecule has 5 nitrogen and oxygen atoms in total. The topological polar surface area (TPSA) is 70.7 Å². The van der Waals surface area contributed by atoms with Crippen LogP contribution in [0.3, 0.4) is 0 Å². The predicted octanol–water partition coefficient (Wildman–Crippen LogP) is 5.71. The van der Waals surface area contributed by atoms with Crippen molar-refractivity contribution in [3.05, 3.63) is 76.9 Å². The lowest BCUT2D eigenvalue weighted by Crippen LogP contribution is -2.13. The average molecular weight is 398 g/mol. The number of para-hydroxylation sites is 2. The molecule has 0 unspecified atom stereocenters. The molecule has 142 valence electrons. The molecule has 0 spiro atoms. The third kappa shape index (κ3) is 3.07. The van der Waals surface area contributed by atoms with Crippen LogP contribution in [0.5, 0.6) is 0 Å². The van der Waals surface area contributed by atoms with Crippen LogP contribution in [0.1, 0.15) is 21.7 Å². The van der Waals surface area contributed by atoms with Gasteiger partial charge in [-0.1, -0.05) is 36.4 Å². The van der Waals surface area contributed by atoms with Gasteiger partial charge < -0.3 is 4.98 Å². The Morgan fingerprint density at radius 2 is 1.76 bits per heavy atom. The highest BCUT2D eigenvalue weighted by Crippen LogP contribution is 2.34. The average Bonchev–Trinajstić information content (AvgIpc) is 3.29. The van der Waals surface area contributed by atoms with Crippen LogP contribution in [-0.2, 0) is 0 Å². The normalized spacial score (nSPS) is 11.2. The van der Waals surface area contributed by atoms with E-state index in [9.17, 15) is 4.79 Å². The number of aromatic amines is 1. The van der Waals surface area contributed by atoms with E-state index < -0.39 is 0 Å². The number of anilines is 1. The minimum absolute atomic E-state index is 0.178. The zero-order chi connectivity index (χ0) is 20.0. The molecule has 2 aromatic carbocycles. The fraction of sp³-hybridized carbons (Fsp3) is 0.0870. The first-order valence-corrected chi connectivity index (χ1v) is 10.2. The largest absolute Gasteiger partial charge is 0.358 e. The minimum Gasteiger partial charge on any atom is -0.358 e. The van der Waals surface area contributed by atoms with E-state index in [0.29, 0.717) is 10.7 Å². The molecule has 0 aliphatic heterocycles. The number of rotatable bonds is 3. The molecule has 0 aliphatic carbocycles. The summed E-state index contributed by atoms with van der Waals surface area (Å²) in [6.07, 6.45) is 0. The first-order valence-electron chi connectivity index (χ1n) is 9.31. The summed E-state index contributed by atoms with van der Waals surface area (Å²) in [6, 6.07) is 17.6. The molecule has 5 rings (SSSR count). The lowest BCUT2D eigenvalue weighted by molar-refractivity contribution is 0.102. The summed E-state index contributed by atoms with van der Waals surface area (Å²) in [4.78, 5) is 25.6. The summed E-state index contributed by atoms with van der Waals surface area (Å²) in [5.41, 5.74) is 6.30. The van der Waals surface area contributed by atoms with E-state index in [0.717, 1.165) is 44.5 Å². The number of nitrogens with one attached hydrogen (secondary N) is 2. The number of benzene rings is 2. The summed E-state index contributed by atoms with van der Waals surface area (Å²) < 4.78 is 0. The van der Waals surface area contributed by atoms with E-state index in [1.165, 1.54) is 11.3 Å². The summed E-state index contributed by atoms with van der Waals surface area (Å²) in [5, 5.41) is 7.48. The number of hydrogen-bond acceptors (Lipinski definition) is 4. The molecule has 2 N–H and O–H groups in total. The number of thiazole rings is 1. The highest BCUT2D eigenvalue weighted by molar-refractivity contribution is 7.14. The maximum atomic E-state index is 13.0. The van der Waals surface area contributed by atoms with Crippen molar-refractivity contribution >= 4 is 44.2 Å². The van der Waals surface area contributed by atoms with Crippen LogP contribution in [0, 0.1) is 13.8 Å². The van der Waals surface area contributed by atoms with Gasteiger partial charge >= 0.3 is 0 Å². The highest BCUT2D eigenvalue weighted by Gasteiger charge is 2.16. The fourth-order valence-electron chi connectivity index (χ4n) is 3.71. The number of carbonyl (C=O) groups excluding carboxylic acids is 1. The molecular formula is C23H18N4OS. The quantitative estimate of drug-likeness (QED) is 0.409. The molecule has 3 aromatic heterocycles. The monoisotopic (exact) mass is 398 g/mol. The maximum absolute atomic E-state index is 13.0. The number of hydrogen-bond donors (Lipinski definition) is 2. The second-order valence-corrected chi connectivity index (χ2v) is 7.85. The summed E-state index contributed by atoms with van der Waals surface area (Å²) in [7, 11) is 0. The number of nitrogens with zero attached hydrogens (tertiary/aromatic N) is 2. The van der Waals surface area contributed by atoms with Crippen molar-refractivity contribution in [1.29, 1.82) is 0 Å². The van der Waals surface area contributed by atoms with Gasteiger partial charge in [-0.3, -0.25) is 15.1 Å². The van der Waals surface area contributed by atoms with Gasteiger partial charge in [-0.2, -0.15) is 0 Å². The second-order valence-electron chi connectivity index (χ2n) is 6.99. The minimum atomic E-state index is -0.178. The molecule has 5 aromatic rings. The van der Waals surface area contributed by atoms with Gasteiger partial charge in [0.2, 0.25) is 0 Å². The van der Waals surface area contributed by atoms with Crippen LogP contribution >= 0.6 is 11.3 Å². The van der Waals surface area contributed by atoms with Gasteiger partial charge in [-0.05, 0) is 32.0 Å². The van der Waals surface area contributed by atoms with Crippen LogP contribution in [0.2, 0.25) is 0 Å². The fourth-order valence-corrected chi connectivity index (χ4v) is 4.41. The highest BCUT2D eigenvalue weighted by atomic mass is 32.1. The second kappa shape index (κ2) is 6.83. The van der Waals surface area contributed by atoms with E-state index in [-0.39, 0.29) is 5.91 Å². The Hall–Kier alpha value is -3.51. The Morgan fingerprint density at radius 1 is 1.00 bits per heavy atom. The molecule has 0 bridgehead atoms. The molecular weight excluding hydrogens is 380 g/mol. The van der Waals surface area contributed by atoms with E-state index in [1.54, 1.807) is 0 Å². The first kappa shape index (κ1) is 17.6. The van der Waals surface area contributed by atoms with Crippen molar-refractivity contribution in [3.8, 4) is 11.3 Å². The summed E-state index contributed by atoms with van der Waals surface area (Å²) >= 11 is 1.43. The molecule has 29 heavy (non-hydrogen) atoms. The summed E-state index contributed by atoms with van der Waals surface area (Å²) in [6.45, 7) is 3.93. The third-order valence-corrected chi connectivity index (χ3v) is 5.72. The molecule has 0 saturated carbocycles. The third-order valence-electron chi connectivity index (χ3n) is 4.96. The van der Waals surface area contributed by atoms with Gasteiger partial charge in [0, 0.05) is 38.6 Å². The lowest BCUT2D eigenvalue weighted by Gasteiger charge is -2.07. The van der Waals surface area contributed by atoms with Crippen LogP contribution < -0.4 is 5.32 Å². The number of aryl methyl sites for hydroxylation is 2. The van der Waals surface area contributed by atoms with Crippen molar-refractivity contribution in [1.82, 2.24) is 15.0 Å². The van der Waals surface area contributed by atoms with Crippen molar-refractivity contribution in [2.75, 3.05) is 5.32 Å². The number of carbonyl (C=O) groups is 1. The van der Waals surface area contributed by atoms with E-state index in [2.05, 4.69) is 32.4 Å². The van der Waals surface area contributed by atoms with Gasteiger partial charge in [-0.25, -0.2) is 4.98 Å². The van der Waals surface area contributed by atoms with E-state index >= 15 is 0 Å². The standard InChI is InChI=1S/C23H18N4OS/c1-13-11-17(15-7-3-5-9-18(15)24-13)22(28)27-23-26-20(12-29-23)21-14(2)25-19-10-6-4-8-16(19)21/h3-12,25H,1-2H3,(H,26,27,28). The number of aromatic nitrogens is 3. The van der Waals surface area contributed by atoms with Gasteiger partial charge in [0.15, 0.2) is 5.13 Å².